The second-order valence-corrected chi connectivity index (χ2v) is 4.13. The number of allylic oxidation sites excluding steroid dienone is 2. The lowest BCUT2D eigenvalue weighted by atomic mass is 9.76. The Balaban J connectivity index is 2.29. The van der Waals surface area contributed by atoms with Crippen LogP contribution in [0.3, 0.4) is 0 Å². The van der Waals surface area contributed by atoms with Crippen LogP contribution in [0.2, 0.25) is 0 Å². The van der Waals surface area contributed by atoms with Crippen molar-refractivity contribution in [3.63, 3.8) is 0 Å². The van der Waals surface area contributed by atoms with E-state index in [-0.39, 0.29) is 17.6 Å². The Labute approximate surface area is 89.4 Å². The second-order valence-electron chi connectivity index (χ2n) is 4.13. The molecule has 3 nitrogen and oxygen atoms in total. The molecule has 3 heteroatoms. The van der Waals surface area contributed by atoms with Gasteiger partial charge in [0, 0.05) is 12.3 Å². The van der Waals surface area contributed by atoms with Crippen molar-refractivity contribution in [3.05, 3.63) is 23.0 Å². The molecule has 1 fully saturated rings. The summed E-state index contributed by atoms with van der Waals surface area (Å²) in [5.74, 6) is -0.0672. The van der Waals surface area contributed by atoms with Crippen LogP contribution >= 0.6 is 0 Å². The summed E-state index contributed by atoms with van der Waals surface area (Å²) >= 11 is 0. The van der Waals surface area contributed by atoms with Crippen molar-refractivity contribution >= 4 is 5.97 Å². The molecule has 0 aromatic carbocycles. The fourth-order valence-electron chi connectivity index (χ4n) is 2.52. The van der Waals surface area contributed by atoms with Crippen molar-refractivity contribution in [2.24, 2.45) is 5.92 Å². The summed E-state index contributed by atoms with van der Waals surface area (Å²) in [7, 11) is 1.36. The smallest absolute Gasteiger partial charge is 0.337 e. The number of aliphatic hydroxyl groups excluding tert-OH is 1. The number of methoxy groups -OCH3 is 1. The van der Waals surface area contributed by atoms with Crippen LogP contribution in [-0.4, -0.2) is 18.2 Å². The zero-order chi connectivity index (χ0) is 10.8. The first-order valence-electron chi connectivity index (χ1n) is 5.43. The van der Waals surface area contributed by atoms with E-state index in [9.17, 15) is 9.90 Å². The van der Waals surface area contributed by atoms with Gasteiger partial charge in [-0.2, -0.15) is 0 Å². The number of rotatable bonds is 1. The van der Waals surface area contributed by atoms with E-state index in [0.717, 1.165) is 19.3 Å². The average Bonchev–Trinajstić information content (AvgIpc) is 2.28. The van der Waals surface area contributed by atoms with Gasteiger partial charge in [-0.05, 0) is 19.3 Å². The Bertz CT molecular complexity index is 339. The van der Waals surface area contributed by atoms with Crippen molar-refractivity contribution in [2.45, 2.75) is 32.1 Å². The quantitative estimate of drug-likeness (QED) is 0.532. The molecule has 0 radical (unpaired) electrons. The van der Waals surface area contributed by atoms with Crippen LogP contribution in [0, 0.1) is 5.92 Å². The number of hydrogen-bond acceptors (Lipinski definition) is 3. The summed E-state index contributed by atoms with van der Waals surface area (Å²) in [6.07, 6.45) is 6.87. The van der Waals surface area contributed by atoms with Gasteiger partial charge in [-0.15, -0.1) is 0 Å². The molecular formula is C12H16O3. The summed E-state index contributed by atoms with van der Waals surface area (Å²) in [5.41, 5.74) is 1.80. The number of ether oxygens (including phenoxy) is 1. The van der Waals surface area contributed by atoms with Gasteiger partial charge < -0.3 is 9.84 Å². The van der Waals surface area contributed by atoms with Crippen LogP contribution in [0.25, 0.3) is 0 Å². The molecule has 0 saturated heterocycles. The molecule has 0 aliphatic heterocycles. The molecule has 2 aliphatic carbocycles. The Morgan fingerprint density at radius 2 is 2.33 bits per heavy atom. The molecule has 1 N–H and O–H groups in total. The first-order valence-corrected chi connectivity index (χ1v) is 5.43. The molecule has 0 aromatic heterocycles. The van der Waals surface area contributed by atoms with Crippen molar-refractivity contribution in [2.75, 3.05) is 7.11 Å². The zero-order valence-electron chi connectivity index (χ0n) is 8.95. The van der Waals surface area contributed by atoms with Gasteiger partial charge in [0.15, 0.2) is 0 Å². The second kappa shape index (κ2) is 4.09. The summed E-state index contributed by atoms with van der Waals surface area (Å²) in [5, 5.41) is 9.74. The van der Waals surface area contributed by atoms with Gasteiger partial charge in [-0.3, -0.25) is 0 Å². The van der Waals surface area contributed by atoms with Crippen LogP contribution in [0.5, 0.6) is 0 Å². The first-order chi connectivity index (χ1) is 7.24. The average molecular weight is 208 g/mol. The lowest BCUT2D eigenvalue weighted by Gasteiger charge is -2.30. The van der Waals surface area contributed by atoms with Crippen LogP contribution in [0.4, 0.5) is 0 Å². The molecule has 0 bridgehead atoms. The van der Waals surface area contributed by atoms with Crippen LogP contribution in [-0.2, 0) is 9.53 Å². The maximum Gasteiger partial charge on any atom is 0.337 e. The predicted octanol–water partition coefficient (Wildman–Crippen LogP) is 2.49. The van der Waals surface area contributed by atoms with Gasteiger partial charge >= 0.3 is 5.97 Å². The minimum absolute atomic E-state index is 0.111. The highest BCUT2D eigenvalue weighted by molar-refractivity contribution is 5.90. The molecule has 0 amide bonds. The summed E-state index contributed by atoms with van der Waals surface area (Å²) in [6, 6.07) is 0. The molecule has 0 heterocycles. The maximum atomic E-state index is 11.6. The third-order valence-corrected chi connectivity index (χ3v) is 3.28. The lowest BCUT2D eigenvalue weighted by molar-refractivity contribution is -0.137. The van der Waals surface area contributed by atoms with E-state index >= 15 is 0 Å². The molecule has 0 aromatic rings. The zero-order valence-corrected chi connectivity index (χ0v) is 8.95. The van der Waals surface area contributed by atoms with Crippen LogP contribution in [0.15, 0.2) is 23.0 Å². The molecule has 0 spiro atoms. The van der Waals surface area contributed by atoms with Crippen molar-refractivity contribution in [3.8, 4) is 0 Å². The maximum absolute atomic E-state index is 11.6. The normalized spacial score (nSPS) is 25.7. The van der Waals surface area contributed by atoms with Gasteiger partial charge in [0.05, 0.1) is 12.7 Å². The SMILES string of the molecule is COC(=O)C1=C(O)CC=C2CCCC[C@@H]21. The van der Waals surface area contributed by atoms with Crippen LogP contribution in [0.1, 0.15) is 32.1 Å². The van der Waals surface area contributed by atoms with Gasteiger partial charge in [-0.1, -0.05) is 18.1 Å². The minimum Gasteiger partial charge on any atom is -0.511 e. The fraction of sp³-hybridized carbons (Fsp3) is 0.583. The molecule has 15 heavy (non-hydrogen) atoms. The number of fused-ring (bicyclic) bond motifs is 1. The van der Waals surface area contributed by atoms with E-state index in [1.165, 1.54) is 19.1 Å². The largest absolute Gasteiger partial charge is 0.511 e. The number of hydrogen-bond donors (Lipinski definition) is 1. The van der Waals surface area contributed by atoms with E-state index in [0.29, 0.717) is 12.0 Å². The molecule has 2 aliphatic rings. The van der Waals surface area contributed by atoms with E-state index in [1.54, 1.807) is 0 Å². The monoisotopic (exact) mass is 208 g/mol. The lowest BCUT2D eigenvalue weighted by Crippen LogP contribution is -2.23. The van der Waals surface area contributed by atoms with E-state index in [4.69, 9.17) is 4.74 Å². The van der Waals surface area contributed by atoms with E-state index in [1.807, 2.05) is 0 Å². The predicted molar refractivity (Wildman–Crippen MR) is 56.3 cm³/mol. The first kappa shape index (κ1) is 10.3. The molecular weight excluding hydrogens is 192 g/mol. The topological polar surface area (TPSA) is 46.5 Å². The summed E-state index contributed by atoms with van der Waals surface area (Å²) in [4.78, 5) is 11.6. The molecule has 0 unspecified atom stereocenters. The molecule has 1 atom stereocenters. The summed E-state index contributed by atoms with van der Waals surface area (Å²) < 4.78 is 4.73. The highest BCUT2D eigenvalue weighted by Gasteiger charge is 2.32. The standard InChI is InChI=1S/C12H16O3/c1-15-12(14)11-9-5-3-2-4-8(9)6-7-10(11)13/h6,9,13H,2-5,7H2,1H3/t9-/m0/s1. The highest BCUT2D eigenvalue weighted by atomic mass is 16.5. The van der Waals surface area contributed by atoms with Crippen molar-refractivity contribution in [1.82, 2.24) is 0 Å². The number of carbonyl (C=O) groups is 1. The van der Waals surface area contributed by atoms with E-state index < -0.39 is 0 Å². The Morgan fingerprint density at radius 1 is 1.53 bits per heavy atom. The molecule has 1 saturated carbocycles. The Hall–Kier alpha value is -1.25. The summed E-state index contributed by atoms with van der Waals surface area (Å²) in [6.45, 7) is 0. The van der Waals surface area contributed by atoms with Gasteiger partial charge in [0.1, 0.15) is 5.76 Å². The molecule has 2 rings (SSSR count). The van der Waals surface area contributed by atoms with Crippen molar-refractivity contribution < 1.29 is 14.6 Å². The Morgan fingerprint density at radius 3 is 3.07 bits per heavy atom. The van der Waals surface area contributed by atoms with E-state index in [2.05, 4.69) is 6.08 Å². The minimum atomic E-state index is -0.370. The highest BCUT2D eigenvalue weighted by Crippen LogP contribution is 2.39. The van der Waals surface area contributed by atoms with Gasteiger partial charge in [0.2, 0.25) is 0 Å². The molecule has 82 valence electrons. The fourth-order valence-corrected chi connectivity index (χ4v) is 2.52. The number of esters is 1. The number of aliphatic hydroxyl groups is 1. The van der Waals surface area contributed by atoms with Crippen LogP contribution < -0.4 is 0 Å². The third kappa shape index (κ3) is 1.78. The van der Waals surface area contributed by atoms with Gasteiger partial charge in [0.25, 0.3) is 0 Å². The third-order valence-electron chi connectivity index (χ3n) is 3.28. The number of carbonyl (C=O) groups excluding carboxylic acids is 1. The van der Waals surface area contributed by atoms with Gasteiger partial charge in [-0.25, -0.2) is 4.79 Å². The van der Waals surface area contributed by atoms with Crippen molar-refractivity contribution in [1.29, 1.82) is 0 Å². The Kier molecular flexibility index (Phi) is 2.80.